The first-order valence-electron chi connectivity index (χ1n) is 9.08. The first-order valence-corrected chi connectivity index (χ1v) is 9.08. The predicted octanol–water partition coefficient (Wildman–Crippen LogP) is 2.77. The molecule has 0 spiro atoms. The highest BCUT2D eigenvalue weighted by molar-refractivity contribution is 5.21. The van der Waals surface area contributed by atoms with Crippen LogP contribution in [0.2, 0.25) is 0 Å². The number of hydrogen-bond donors (Lipinski definition) is 2. The molecular weight excluding hydrogens is 312 g/mol. The van der Waals surface area contributed by atoms with Crippen molar-refractivity contribution < 1.29 is 9.84 Å². The number of hydrogen-bond acceptors (Lipinski definition) is 4. The van der Waals surface area contributed by atoms with Gasteiger partial charge in [0.05, 0.1) is 25.4 Å². The molecule has 1 aliphatic rings. The highest BCUT2D eigenvalue weighted by Gasteiger charge is 2.26. The second-order valence-corrected chi connectivity index (χ2v) is 6.67. The van der Waals surface area contributed by atoms with Crippen molar-refractivity contribution in [3.8, 4) is 0 Å². The molecule has 1 aliphatic heterocycles. The molecule has 1 fully saturated rings. The van der Waals surface area contributed by atoms with Crippen LogP contribution in [0.3, 0.4) is 0 Å². The Balaban J connectivity index is 1.73. The lowest BCUT2D eigenvalue weighted by atomic mass is 9.99. The lowest BCUT2D eigenvalue weighted by molar-refractivity contribution is 0.0188. The molecule has 4 heteroatoms. The summed E-state index contributed by atoms with van der Waals surface area (Å²) in [6, 6.07) is 20.4. The minimum absolute atomic E-state index is 0.0456. The van der Waals surface area contributed by atoms with Gasteiger partial charge in [0.1, 0.15) is 0 Å². The summed E-state index contributed by atoms with van der Waals surface area (Å²) in [7, 11) is 0. The van der Waals surface area contributed by atoms with Crippen LogP contribution in [0.4, 0.5) is 0 Å². The van der Waals surface area contributed by atoms with Gasteiger partial charge in [0.15, 0.2) is 0 Å². The van der Waals surface area contributed by atoms with Crippen LogP contribution in [0.15, 0.2) is 60.7 Å². The highest BCUT2D eigenvalue weighted by atomic mass is 16.5. The van der Waals surface area contributed by atoms with E-state index in [9.17, 15) is 5.11 Å². The fourth-order valence-electron chi connectivity index (χ4n) is 3.35. The van der Waals surface area contributed by atoms with E-state index in [1.54, 1.807) is 0 Å². The van der Waals surface area contributed by atoms with Crippen LogP contribution in [-0.4, -0.2) is 48.9 Å². The molecule has 3 rings (SSSR count). The molecule has 1 saturated heterocycles. The third-order valence-corrected chi connectivity index (χ3v) is 4.84. The maximum absolute atomic E-state index is 11.0. The zero-order valence-electron chi connectivity index (χ0n) is 14.8. The summed E-state index contributed by atoms with van der Waals surface area (Å²) < 4.78 is 5.45. The highest BCUT2D eigenvalue weighted by Crippen LogP contribution is 2.21. The fourth-order valence-corrected chi connectivity index (χ4v) is 3.35. The summed E-state index contributed by atoms with van der Waals surface area (Å²) in [6.45, 7) is 6.32. The van der Waals surface area contributed by atoms with Gasteiger partial charge < -0.3 is 15.2 Å². The van der Waals surface area contributed by atoms with Crippen molar-refractivity contribution in [3.05, 3.63) is 71.8 Å². The Labute approximate surface area is 150 Å². The third kappa shape index (κ3) is 5.13. The summed E-state index contributed by atoms with van der Waals surface area (Å²) in [5.41, 5.74) is 2.18. The van der Waals surface area contributed by atoms with Crippen LogP contribution in [0.5, 0.6) is 0 Å². The Morgan fingerprint density at radius 3 is 2.12 bits per heavy atom. The molecule has 0 amide bonds. The van der Waals surface area contributed by atoms with Gasteiger partial charge in [0.25, 0.3) is 0 Å². The fraction of sp³-hybridized carbons (Fsp3) is 0.429. The lowest BCUT2D eigenvalue weighted by Gasteiger charge is -2.34. The third-order valence-electron chi connectivity index (χ3n) is 4.84. The van der Waals surface area contributed by atoms with Crippen LogP contribution in [0.1, 0.15) is 30.2 Å². The molecule has 1 heterocycles. The number of morpholine rings is 1. The van der Waals surface area contributed by atoms with Gasteiger partial charge in [0, 0.05) is 25.7 Å². The monoisotopic (exact) mass is 340 g/mol. The van der Waals surface area contributed by atoms with Gasteiger partial charge in [-0.05, 0) is 18.1 Å². The number of rotatable bonds is 7. The Kier molecular flexibility index (Phi) is 6.59. The van der Waals surface area contributed by atoms with Crippen molar-refractivity contribution >= 4 is 0 Å². The molecule has 0 radical (unpaired) electrons. The first-order chi connectivity index (χ1) is 12.2. The average molecular weight is 340 g/mol. The van der Waals surface area contributed by atoms with Crippen LogP contribution >= 0.6 is 0 Å². The van der Waals surface area contributed by atoms with Gasteiger partial charge in [0.2, 0.25) is 0 Å². The van der Waals surface area contributed by atoms with Crippen molar-refractivity contribution in [1.29, 1.82) is 0 Å². The number of ether oxygens (including phenoxy) is 1. The molecule has 2 aromatic rings. The van der Waals surface area contributed by atoms with Gasteiger partial charge in [-0.3, -0.25) is 4.90 Å². The number of nitrogens with one attached hydrogen (secondary N) is 1. The molecule has 4 nitrogen and oxygen atoms in total. The van der Waals surface area contributed by atoms with Gasteiger partial charge >= 0.3 is 0 Å². The first kappa shape index (κ1) is 18.1. The molecule has 0 aromatic heterocycles. The van der Waals surface area contributed by atoms with Gasteiger partial charge in [-0.15, -0.1) is 0 Å². The van der Waals surface area contributed by atoms with Crippen LogP contribution in [0, 0.1) is 0 Å². The lowest BCUT2D eigenvalue weighted by Crippen LogP contribution is -2.48. The summed E-state index contributed by atoms with van der Waals surface area (Å²) in [4.78, 5) is 2.37. The molecule has 134 valence electrons. The second-order valence-electron chi connectivity index (χ2n) is 6.67. The zero-order valence-corrected chi connectivity index (χ0v) is 14.8. The Bertz CT molecular complexity index is 614. The second kappa shape index (κ2) is 9.11. The molecule has 0 saturated carbocycles. The molecule has 0 aliphatic carbocycles. The van der Waals surface area contributed by atoms with Crippen LogP contribution in [-0.2, 0) is 4.74 Å². The van der Waals surface area contributed by atoms with E-state index in [1.165, 1.54) is 5.56 Å². The van der Waals surface area contributed by atoms with E-state index in [2.05, 4.69) is 41.4 Å². The molecule has 25 heavy (non-hydrogen) atoms. The van der Waals surface area contributed by atoms with E-state index in [-0.39, 0.29) is 12.1 Å². The van der Waals surface area contributed by atoms with Gasteiger partial charge in [-0.25, -0.2) is 0 Å². The number of aliphatic hydroxyl groups is 1. The smallest absolute Gasteiger partial charge is 0.0955 e. The molecule has 3 atom stereocenters. The molecule has 2 aromatic carbocycles. The van der Waals surface area contributed by atoms with Gasteiger partial charge in [-0.2, -0.15) is 0 Å². The number of nitrogens with zero attached hydrogens (tertiary/aromatic N) is 1. The average Bonchev–Trinajstić information content (AvgIpc) is 2.69. The Morgan fingerprint density at radius 2 is 1.52 bits per heavy atom. The molecule has 2 unspecified atom stereocenters. The Morgan fingerprint density at radius 1 is 0.960 bits per heavy atom. The van der Waals surface area contributed by atoms with Crippen molar-refractivity contribution in [2.75, 3.05) is 32.8 Å². The summed E-state index contributed by atoms with van der Waals surface area (Å²) in [6.07, 6.45) is -0.546. The SMILES string of the molecule is C[C@H](NC(CN1CCOCC1)C(O)c1ccccc1)c1ccccc1. The minimum Gasteiger partial charge on any atom is -0.387 e. The van der Waals surface area contributed by atoms with Crippen molar-refractivity contribution in [2.45, 2.75) is 25.1 Å². The van der Waals surface area contributed by atoms with E-state index < -0.39 is 6.10 Å². The number of benzene rings is 2. The molecule has 2 N–H and O–H groups in total. The summed E-state index contributed by atoms with van der Waals surface area (Å²) in [5, 5.41) is 14.6. The van der Waals surface area contributed by atoms with E-state index in [4.69, 9.17) is 4.74 Å². The minimum atomic E-state index is -0.546. The maximum atomic E-state index is 11.0. The predicted molar refractivity (Wildman–Crippen MR) is 100 cm³/mol. The van der Waals surface area contributed by atoms with Gasteiger partial charge in [-0.1, -0.05) is 60.7 Å². The van der Waals surface area contributed by atoms with E-state index in [1.807, 2.05) is 36.4 Å². The van der Waals surface area contributed by atoms with E-state index in [0.29, 0.717) is 0 Å². The molecular formula is C21H28N2O2. The Hall–Kier alpha value is -1.72. The largest absolute Gasteiger partial charge is 0.387 e. The van der Waals surface area contributed by atoms with E-state index in [0.717, 1.165) is 38.4 Å². The topological polar surface area (TPSA) is 44.7 Å². The van der Waals surface area contributed by atoms with Crippen LogP contribution in [0.25, 0.3) is 0 Å². The molecule has 0 bridgehead atoms. The standard InChI is InChI=1S/C21H28N2O2/c1-17(18-8-4-2-5-9-18)22-20(16-23-12-14-25-15-13-23)21(24)19-10-6-3-7-11-19/h2-11,17,20-22,24H,12-16H2,1H3/t17-,20?,21?/m0/s1. The van der Waals surface area contributed by atoms with E-state index >= 15 is 0 Å². The van der Waals surface area contributed by atoms with Crippen molar-refractivity contribution in [1.82, 2.24) is 10.2 Å². The van der Waals surface area contributed by atoms with Crippen molar-refractivity contribution in [3.63, 3.8) is 0 Å². The number of aliphatic hydroxyl groups excluding tert-OH is 1. The van der Waals surface area contributed by atoms with Crippen molar-refractivity contribution in [2.24, 2.45) is 0 Å². The van der Waals surface area contributed by atoms with Crippen LogP contribution < -0.4 is 5.32 Å². The maximum Gasteiger partial charge on any atom is 0.0955 e. The summed E-state index contributed by atoms with van der Waals surface area (Å²) >= 11 is 0. The summed E-state index contributed by atoms with van der Waals surface area (Å²) in [5.74, 6) is 0. The normalized spacial score (nSPS) is 19.3. The quantitative estimate of drug-likeness (QED) is 0.813. The zero-order chi connectivity index (χ0) is 17.5.